The van der Waals surface area contributed by atoms with E-state index in [4.69, 9.17) is 11.6 Å². The maximum Gasteiger partial charge on any atom is 0.418 e. The van der Waals surface area contributed by atoms with Crippen molar-refractivity contribution in [2.75, 3.05) is 0 Å². The van der Waals surface area contributed by atoms with Gasteiger partial charge in [-0.25, -0.2) is 0 Å². The molecule has 1 aromatic rings. The lowest BCUT2D eigenvalue weighted by Gasteiger charge is -2.15. The van der Waals surface area contributed by atoms with Gasteiger partial charge >= 0.3 is 6.18 Å². The van der Waals surface area contributed by atoms with Gasteiger partial charge in [0.1, 0.15) is 0 Å². The summed E-state index contributed by atoms with van der Waals surface area (Å²) in [6, 6.07) is 2.93. The Morgan fingerprint density at radius 3 is 2.07 bits per heavy atom. The predicted molar refractivity (Wildman–Crippen MR) is 55.3 cm³/mol. The summed E-state index contributed by atoms with van der Waals surface area (Å²) in [4.78, 5) is 0. The molecule has 0 bridgehead atoms. The van der Waals surface area contributed by atoms with Crippen LogP contribution in [0.1, 0.15) is 36.5 Å². The SMILES string of the molecule is Cc1cc(C(C)C)cc(Cl)c1C(F)(F)F. The first-order valence-corrected chi connectivity index (χ1v) is 4.98. The van der Waals surface area contributed by atoms with E-state index < -0.39 is 11.7 Å². The Balaban J connectivity index is 3.34. The number of hydrogen-bond acceptors (Lipinski definition) is 0. The number of hydrogen-bond donors (Lipinski definition) is 0. The van der Waals surface area contributed by atoms with Crippen LogP contribution in [-0.2, 0) is 6.18 Å². The van der Waals surface area contributed by atoms with Crippen LogP contribution in [0, 0.1) is 6.92 Å². The normalized spacial score (nSPS) is 12.3. The van der Waals surface area contributed by atoms with Crippen molar-refractivity contribution in [1.29, 1.82) is 0 Å². The summed E-state index contributed by atoms with van der Waals surface area (Å²) in [5.41, 5.74) is 0.276. The maximum atomic E-state index is 12.6. The molecule has 0 N–H and O–H groups in total. The zero-order valence-corrected chi connectivity index (χ0v) is 9.50. The van der Waals surface area contributed by atoms with Gasteiger partial charge in [0, 0.05) is 0 Å². The molecule has 1 rings (SSSR count). The summed E-state index contributed by atoms with van der Waals surface area (Å²) < 4.78 is 37.7. The van der Waals surface area contributed by atoms with Gasteiger partial charge in [-0.3, -0.25) is 0 Å². The fourth-order valence-electron chi connectivity index (χ4n) is 1.46. The molecule has 0 aliphatic heterocycles. The molecule has 84 valence electrons. The minimum Gasteiger partial charge on any atom is -0.166 e. The lowest BCUT2D eigenvalue weighted by molar-refractivity contribution is -0.137. The van der Waals surface area contributed by atoms with Gasteiger partial charge in [-0.05, 0) is 30.0 Å². The van der Waals surface area contributed by atoms with Crippen LogP contribution < -0.4 is 0 Å². The molecule has 15 heavy (non-hydrogen) atoms. The molecule has 0 fully saturated rings. The molecular weight excluding hydrogens is 225 g/mol. The average Bonchev–Trinajstić information content (AvgIpc) is 1.99. The van der Waals surface area contributed by atoms with Crippen molar-refractivity contribution >= 4 is 11.6 Å². The molecular formula is C11H12ClF3. The highest BCUT2D eigenvalue weighted by Gasteiger charge is 2.35. The third-order valence-corrected chi connectivity index (χ3v) is 2.56. The highest BCUT2D eigenvalue weighted by molar-refractivity contribution is 6.31. The lowest BCUT2D eigenvalue weighted by Crippen LogP contribution is -2.09. The predicted octanol–water partition coefficient (Wildman–Crippen LogP) is 4.79. The van der Waals surface area contributed by atoms with Crippen LogP contribution >= 0.6 is 11.6 Å². The largest absolute Gasteiger partial charge is 0.418 e. The number of benzene rings is 1. The molecule has 0 aromatic heterocycles. The van der Waals surface area contributed by atoms with E-state index in [-0.39, 0.29) is 16.5 Å². The van der Waals surface area contributed by atoms with E-state index in [0.717, 1.165) is 5.56 Å². The topological polar surface area (TPSA) is 0 Å². The van der Waals surface area contributed by atoms with E-state index >= 15 is 0 Å². The van der Waals surface area contributed by atoms with E-state index in [9.17, 15) is 13.2 Å². The van der Waals surface area contributed by atoms with Gasteiger partial charge in [0.05, 0.1) is 10.6 Å². The van der Waals surface area contributed by atoms with Gasteiger partial charge in [-0.2, -0.15) is 13.2 Å². The van der Waals surface area contributed by atoms with E-state index in [0.29, 0.717) is 0 Å². The first-order chi connectivity index (χ1) is 6.73. The van der Waals surface area contributed by atoms with Gasteiger partial charge < -0.3 is 0 Å². The third kappa shape index (κ3) is 2.65. The zero-order valence-electron chi connectivity index (χ0n) is 8.74. The van der Waals surface area contributed by atoms with Crippen molar-refractivity contribution < 1.29 is 13.2 Å². The number of halogens is 4. The Bertz CT molecular complexity index is 344. The first-order valence-electron chi connectivity index (χ1n) is 4.60. The molecule has 4 heteroatoms. The van der Waals surface area contributed by atoms with Crippen molar-refractivity contribution in [3.8, 4) is 0 Å². The van der Waals surface area contributed by atoms with Crippen LogP contribution in [0.25, 0.3) is 0 Å². The van der Waals surface area contributed by atoms with Gasteiger partial charge in [-0.15, -0.1) is 0 Å². The van der Waals surface area contributed by atoms with E-state index in [1.54, 1.807) is 6.07 Å². The van der Waals surface area contributed by atoms with E-state index in [1.807, 2.05) is 13.8 Å². The van der Waals surface area contributed by atoms with Gasteiger partial charge in [0.25, 0.3) is 0 Å². The van der Waals surface area contributed by atoms with Gasteiger partial charge in [-0.1, -0.05) is 31.5 Å². The Kier molecular flexibility index (Phi) is 3.34. The second kappa shape index (κ2) is 4.05. The van der Waals surface area contributed by atoms with Crippen LogP contribution in [0.4, 0.5) is 13.2 Å². The van der Waals surface area contributed by atoms with Crippen LogP contribution in [0.5, 0.6) is 0 Å². The highest BCUT2D eigenvalue weighted by Crippen LogP contribution is 2.38. The molecule has 0 unspecified atom stereocenters. The summed E-state index contributed by atoms with van der Waals surface area (Å²) in [6.45, 7) is 5.26. The molecule has 0 radical (unpaired) electrons. The third-order valence-electron chi connectivity index (χ3n) is 2.26. The van der Waals surface area contributed by atoms with E-state index in [2.05, 4.69) is 0 Å². The molecule has 0 aliphatic rings. The Labute approximate surface area is 92.1 Å². The molecule has 0 heterocycles. The minimum atomic E-state index is -4.38. The Morgan fingerprint density at radius 2 is 1.73 bits per heavy atom. The molecule has 0 amide bonds. The second-order valence-electron chi connectivity index (χ2n) is 3.85. The van der Waals surface area contributed by atoms with Crippen molar-refractivity contribution in [3.63, 3.8) is 0 Å². The van der Waals surface area contributed by atoms with Gasteiger partial charge in [0.15, 0.2) is 0 Å². The standard InChI is InChI=1S/C11H12ClF3/c1-6(2)8-4-7(3)10(9(12)5-8)11(13,14)15/h4-6H,1-3H3. The summed E-state index contributed by atoms with van der Waals surface area (Å²) in [7, 11) is 0. The molecule has 0 spiro atoms. The second-order valence-corrected chi connectivity index (χ2v) is 4.25. The summed E-state index contributed by atoms with van der Waals surface area (Å²) in [5, 5.41) is -0.216. The van der Waals surface area contributed by atoms with Crippen molar-refractivity contribution in [2.24, 2.45) is 0 Å². The van der Waals surface area contributed by atoms with Crippen molar-refractivity contribution in [3.05, 3.63) is 33.8 Å². The monoisotopic (exact) mass is 236 g/mol. The number of aryl methyl sites for hydroxylation is 1. The molecule has 0 saturated carbocycles. The van der Waals surface area contributed by atoms with Crippen LogP contribution in [-0.4, -0.2) is 0 Å². The smallest absolute Gasteiger partial charge is 0.166 e. The quantitative estimate of drug-likeness (QED) is 0.658. The van der Waals surface area contributed by atoms with Crippen molar-refractivity contribution in [2.45, 2.75) is 32.9 Å². The molecule has 0 aliphatic carbocycles. The van der Waals surface area contributed by atoms with Crippen LogP contribution in [0.2, 0.25) is 5.02 Å². The van der Waals surface area contributed by atoms with E-state index in [1.165, 1.54) is 13.0 Å². The van der Waals surface area contributed by atoms with Crippen molar-refractivity contribution in [1.82, 2.24) is 0 Å². The van der Waals surface area contributed by atoms with Gasteiger partial charge in [0.2, 0.25) is 0 Å². The van der Waals surface area contributed by atoms with Crippen LogP contribution in [0.3, 0.4) is 0 Å². The number of rotatable bonds is 1. The molecule has 1 aromatic carbocycles. The average molecular weight is 237 g/mol. The molecule has 0 atom stereocenters. The zero-order chi connectivity index (χ0) is 11.8. The lowest BCUT2D eigenvalue weighted by atomic mass is 9.97. The summed E-state index contributed by atoms with van der Waals surface area (Å²) >= 11 is 5.64. The number of alkyl halides is 3. The minimum absolute atomic E-state index is 0.170. The highest BCUT2D eigenvalue weighted by atomic mass is 35.5. The molecule has 0 saturated heterocycles. The fourth-order valence-corrected chi connectivity index (χ4v) is 1.85. The maximum absolute atomic E-state index is 12.6. The first kappa shape index (κ1) is 12.4. The fraction of sp³-hybridized carbons (Fsp3) is 0.455. The molecule has 0 nitrogen and oxygen atoms in total. The summed E-state index contributed by atoms with van der Waals surface area (Å²) in [6.07, 6.45) is -4.38. The Morgan fingerprint density at radius 1 is 1.20 bits per heavy atom. The summed E-state index contributed by atoms with van der Waals surface area (Å²) in [5.74, 6) is 0.170. The van der Waals surface area contributed by atoms with Crippen LogP contribution in [0.15, 0.2) is 12.1 Å². The Hall–Kier alpha value is -0.700.